The molecule has 35 heavy (non-hydrogen) atoms. The van der Waals surface area contributed by atoms with Gasteiger partial charge in [0.25, 0.3) is 0 Å². The van der Waals surface area contributed by atoms with Crippen LogP contribution in [0.2, 0.25) is 0 Å². The summed E-state index contributed by atoms with van der Waals surface area (Å²) in [4.78, 5) is 32.7. The first-order valence-corrected chi connectivity index (χ1v) is 10.8. The number of esters is 1. The number of rotatable bonds is 6. The molecule has 190 valence electrons. The van der Waals surface area contributed by atoms with E-state index >= 15 is 0 Å². The van der Waals surface area contributed by atoms with E-state index in [2.05, 4.69) is 14.8 Å². The summed E-state index contributed by atoms with van der Waals surface area (Å²) in [6.07, 6.45) is 1.99. The van der Waals surface area contributed by atoms with E-state index in [4.69, 9.17) is 18.9 Å². The highest BCUT2D eigenvalue weighted by Gasteiger charge is 2.25. The van der Waals surface area contributed by atoms with Crippen molar-refractivity contribution in [3.63, 3.8) is 0 Å². The summed E-state index contributed by atoms with van der Waals surface area (Å²) < 4.78 is 30.5. The molecular weight excluding hydrogens is 458 g/mol. The molecule has 1 aliphatic rings. The number of hydrogen-bond donors (Lipinski definition) is 1. The lowest BCUT2D eigenvalue weighted by Crippen LogP contribution is -2.21. The number of benzene rings is 1. The highest BCUT2D eigenvalue weighted by Crippen LogP contribution is 2.48. The Balaban J connectivity index is 0.000000367. The number of aryl methyl sites for hydroxylation is 2. The molecule has 0 saturated carbocycles. The van der Waals surface area contributed by atoms with Gasteiger partial charge in [-0.1, -0.05) is 6.07 Å². The molecule has 10 heteroatoms. The number of hydrogen-bond acceptors (Lipinski definition) is 9. The summed E-state index contributed by atoms with van der Waals surface area (Å²) in [6.45, 7) is 0.891. The van der Waals surface area contributed by atoms with Gasteiger partial charge in [0.05, 0.1) is 28.4 Å². The lowest BCUT2D eigenvalue weighted by atomic mass is 9.96. The van der Waals surface area contributed by atoms with Crippen LogP contribution in [-0.4, -0.2) is 54.3 Å². The van der Waals surface area contributed by atoms with Gasteiger partial charge in [-0.3, -0.25) is 9.59 Å². The summed E-state index contributed by atoms with van der Waals surface area (Å²) in [6, 6.07) is 7.30. The van der Waals surface area contributed by atoms with Gasteiger partial charge in [0.1, 0.15) is 0 Å². The molecule has 0 aromatic heterocycles. The molecule has 2 aromatic rings. The summed E-state index contributed by atoms with van der Waals surface area (Å²) in [5.41, 5.74) is 3.89. The quantitative estimate of drug-likeness (QED) is 0.482. The Morgan fingerprint density at radius 3 is 2.09 bits per heavy atom. The third-order valence-electron chi connectivity index (χ3n) is 5.24. The molecule has 3 rings (SSSR count). The van der Waals surface area contributed by atoms with Gasteiger partial charge in [0.15, 0.2) is 17.2 Å². The zero-order chi connectivity index (χ0) is 26.0. The van der Waals surface area contributed by atoms with Crippen molar-refractivity contribution in [2.75, 3.05) is 42.3 Å². The standard InChI is InChI=1S/C20H22O5.C5H9NO4/c1-22-16-9-8-14-12(10-15(16)21)6-5-7-13-11-17(23-2)19(24-3)20(25-4)18(13)14;1-4(7)9-3-10-5(8)6-2/h8-11H,5-7H2,1-4H3;3H2,1-2H3,(H,6,8). The molecule has 0 aliphatic heterocycles. The van der Waals surface area contributed by atoms with Crippen LogP contribution in [-0.2, 0) is 27.1 Å². The molecule has 1 N–H and O–H groups in total. The third kappa shape index (κ3) is 6.78. The number of methoxy groups -OCH3 is 4. The smallest absolute Gasteiger partial charge is 0.409 e. The number of fused-ring (bicyclic) bond motifs is 3. The van der Waals surface area contributed by atoms with Crippen molar-refractivity contribution < 1.29 is 38.0 Å². The molecule has 0 fully saturated rings. The largest absolute Gasteiger partial charge is 0.493 e. The number of nitrogens with one attached hydrogen (secondary N) is 1. The molecule has 1 aliphatic carbocycles. The van der Waals surface area contributed by atoms with Crippen LogP contribution in [0.15, 0.2) is 29.1 Å². The van der Waals surface area contributed by atoms with E-state index in [1.807, 2.05) is 12.1 Å². The Labute approximate surface area is 204 Å². The molecule has 1 amide bonds. The zero-order valence-corrected chi connectivity index (χ0v) is 20.8. The lowest BCUT2D eigenvalue weighted by Gasteiger charge is -2.19. The molecule has 0 heterocycles. The van der Waals surface area contributed by atoms with E-state index in [-0.39, 0.29) is 12.2 Å². The van der Waals surface area contributed by atoms with E-state index in [1.54, 1.807) is 33.5 Å². The molecule has 0 radical (unpaired) electrons. The Bertz CT molecular complexity index is 1110. The second-order valence-corrected chi connectivity index (χ2v) is 7.32. The number of carbonyl (C=O) groups is 2. The fraction of sp³-hybridized carbons (Fsp3) is 0.400. The monoisotopic (exact) mass is 489 g/mol. The molecule has 0 bridgehead atoms. The van der Waals surface area contributed by atoms with Gasteiger partial charge < -0.3 is 33.7 Å². The lowest BCUT2D eigenvalue weighted by molar-refractivity contribution is -0.149. The second kappa shape index (κ2) is 13.1. The first kappa shape index (κ1) is 27.3. The van der Waals surface area contributed by atoms with E-state index in [1.165, 1.54) is 21.1 Å². The highest BCUT2D eigenvalue weighted by atomic mass is 16.7. The van der Waals surface area contributed by atoms with Crippen LogP contribution in [0, 0.1) is 0 Å². The maximum Gasteiger partial charge on any atom is 0.409 e. The first-order chi connectivity index (χ1) is 16.8. The average Bonchev–Trinajstić information content (AvgIpc) is 3.11. The van der Waals surface area contributed by atoms with Crippen LogP contribution in [0.25, 0.3) is 11.1 Å². The number of amides is 1. The number of carbonyl (C=O) groups excluding carboxylic acids is 2. The fourth-order valence-corrected chi connectivity index (χ4v) is 3.68. The minimum absolute atomic E-state index is 0.119. The van der Waals surface area contributed by atoms with Crippen molar-refractivity contribution in [1.29, 1.82) is 0 Å². The van der Waals surface area contributed by atoms with Crippen molar-refractivity contribution in [1.82, 2.24) is 5.32 Å². The summed E-state index contributed by atoms with van der Waals surface area (Å²) in [7, 11) is 7.74. The molecule has 10 nitrogen and oxygen atoms in total. The Morgan fingerprint density at radius 1 is 0.857 bits per heavy atom. The van der Waals surface area contributed by atoms with Crippen molar-refractivity contribution in [2.24, 2.45) is 0 Å². The van der Waals surface area contributed by atoms with Gasteiger partial charge in [-0.05, 0) is 54.2 Å². The van der Waals surface area contributed by atoms with Gasteiger partial charge in [-0.2, -0.15) is 0 Å². The fourth-order valence-electron chi connectivity index (χ4n) is 3.68. The van der Waals surface area contributed by atoms with Crippen LogP contribution in [0.5, 0.6) is 23.0 Å². The molecular formula is C25H31NO9. The molecule has 2 aromatic carbocycles. The van der Waals surface area contributed by atoms with Gasteiger partial charge >= 0.3 is 12.1 Å². The molecule has 0 unspecified atom stereocenters. The van der Waals surface area contributed by atoms with E-state index < -0.39 is 12.1 Å². The van der Waals surface area contributed by atoms with E-state index in [9.17, 15) is 14.4 Å². The van der Waals surface area contributed by atoms with Crippen molar-refractivity contribution in [3.8, 4) is 34.1 Å². The first-order valence-electron chi connectivity index (χ1n) is 10.8. The van der Waals surface area contributed by atoms with E-state index in [0.29, 0.717) is 23.0 Å². The Morgan fingerprint density at radius 2 is 1.51 bits per heavy atom. The van der Waals surface area contributed by atoms with Crippen LogP contribution in [0.1, 0.15) is 24.5 Å². The average molecular weight is 490 g/mol. The predicted octanol–water partition coefficient (Wildman–Crippen LogP) is 3.10. The van der Waals surface area contributed by atoms with Gasteiger partial charge in [0.2, 0.25) is 18.0 Å². The molecule has 0 spiro atoms. The second-order valence-electron chi connectivity index (χ2n) is 7.32. The highest BCUT2D eigenvalue weighted by molar-refractivity contribution is 5.82. The zero-order valence-electron chi connectivity index (χ0n) is 20.8. The summed E-state index contributed by atoms with van der Waals surface area (Å²) in [5, 5.41) is 2.19. The van der Waals surface area contributed by atoms with Crippen molar-refractivity contribution in [3.05, 3.63) is 45.6 Å². The Kier molecular flexibility index (Phi) is 10.2. The van der Waals surface area contributed by atoms with Crippen LogP contribution < -0.4 is 29.7 Å². The Hall–Kier alpha value is -3.95. The van der Waals surface area contributed by atoms with Crippen molar-refractivity contribution in [2.45, 2.75) is 26.2 Å². The van der Waals surface area contributed by atoms with Gasteiger partial charge in [-0.15, -0.1) is 0 Å². The van der Waals surface area contributed by atoms with Crippen LogP contribution in [0.4, 0.5) is 4.79 Å². The van der Waals surface area contributed by atoms with Crippen LogP contribution in [0.3, 0.4) is 0 Å². The molecule has 0 saturated heterocycles. The summed E-state index contributed by atoms with van der Waals surface area (Å²) >= 11 is 0. The third-order valence-corrected chi connectivity index (χ3v) is 5.24. The van der Waals surface area contributed by atoms with Crippen molar-refractivity contribution >= 4 is 12.1 Å². The molecule has 0 atom stereocenters. The maximum absolute atomic E-state index is 12.3. The SMILES string of the molecule is CNC(=O)OCOC(C)=O.COc1cc2c(c(OC)c1OC)-c1ccc(OC)c(=O)cc1CCC2. The maximum atomic E-state index is 12.3. The normalized spacial score (nSPS) is 11.3. The van der Waals surface area contributed by atoms with Gasteiger partial charge in [0, 0.05) is 19.5 Å². The van der Waals surface area contributed by atoms with Crippen LogP contribution >= 0.6 is 0 Å². The number of alkyl carbamates (subject to hydrolysis) is 1. The van der Waals surface area contributed by atoms with E-state index in [0.717, 1.165) is 41.5 Å². The summed E-state index contributed by atoms with van der Waals surface area (Å²) in [5.74, 6) is 1.66. The topological polar surface area (TPSA) is 119 Å². The van der Waals surface area contributed by atoms with Gasteiger partial charge in [-0.25, -0.2) is 4.79 Å². The minimum atomic E-state index is -0.624. The predicted molar refractivity (Wildman–Crippen MR) is 129 cm³/mol. The number of ether oxygens (including phenoxy) is 6. The minimum Gasteiger partial charge on any atom is -0.493 e.